The lowest BCUT2D eigenvalue weighted by atomic mass is 10.2. The fourth-order valence-corrected chi connectivity index (χ4v) is 9.20. The minimum atomic E-state index is -3.92. The fraction of sp³-hybridized carbons (Fsp3) is 0.308. The highest BCUT2D eigenvalue weighted by molar-refractivity contribution is 7.95. The summed E-state index contributed by atoms with van der Waals surface area (Å²) in [4.78, 5) is 0. The second kappa shape index (κ2) is 12.4. The Bertz CT molecular complexity index is 1200. The molecule has 0 radical (unpaired) electrons. The summed E-state index contributed by atoms with van der Waals surface area (Å²) >= 11 is 0. The number of hydrogen-bond donors (Lipinski definition) is 0. The van der Waals surface area contributed by atoms with Gasteiger partial charge in [0.25, 0.3) is 10.1 Å². The van der Waals surface area contributed by atoms with E-state index in [1.165, 1.54) is 15.9 Å². The molecule has 2 atom stereocenters. The number of rotatable bonds is 8. The van der Waals surface area contributed by atoms with E-state index in [1.54, 1.807) is 0 Å². The van der Waals surface area contributed by atoms with Gasteiger partial charge in [-0.1, -0.05) is 54.6 Å². The van der Waals surface area contributed by atoms with Gasteiger partial charge in [0.15, 0.2) is 0 Å². The molecule has 0 unspecified atom stereocenters. The maximum Gasteiger partial charge on any atom is 0.264 e. The van der Waals surface area contributed by atoms with Crippen molar-refractivity contribution in [3.05, 3.63) is 91.0 Å². The van der Waals surface area contributed by atoms with E-state index < -0.39 is 27.5 Å². The van der Waals surface area contributed by atoms with Gasteiger partial charge in [0.05, 0.1) is 41.4 Å². The SMILES string of the molecule is CS(=O)(=O)OC[C@@H]1CC[C@H](C[P+](c2ccccc2)(c2ccccc2)c2ccccc2)O1.CS(=O)(=O)[O-]. The first-order chi connectivity index (χ1) is 17.0. The van der Waals surface area contributed by atoms with Crippen LogP contribution in [0.5, 0.6) is 0 Å². The van der Waals surface area contributed by atoms with Crippen LogP contribution < -0.4 is 15.9 Å². The predicted molar refractivity (Wildman–Crippen MR) is 144 cm³/mol. The topological polar surface area (TPSA) is 110 Å². The van der Waals surface area contributed by atoms with Crippen molar-refractivity contribution >= 4 is 43.4 Å². The molecule has 10 heteroatoms. The molecular weight excluding hydrogens is 519 g/mol. The molecule has 0 aromatic heterocycles. The lowest BCUT2D eigenvalue weighted by Crippen LogP contribution is -2.37. The molecule has 3 aromatic rings. The van der Waals surface area contributed by atoms with Crippen LogP contribution >= 0.6 is 7.26 Å². The zero-order valence-electron chi connectivity index (χ0n) is 20.3. The minimum absolute atomic E-state index is 0.0436. The third-order valence-corrected chi connectivity index (χ3v) is 10.8. The molecule has 194 valence electrons. The number of benzene rings is 3. The van der Waals surface area contributed by atoms with Crippen molar-refractivity contribution in [3.63, 3.8) is 0 Å². The largest absolute Gasteiger partial charge is 0.748 e. The van der Waals surface area contributed by atoms with Crippen molar-refractivity contribution in [2.75, 3.05) is 25.3 Å². The predicted octanol–water partition coefficient (Wildman–Crippen LogP) is 2.67. The summed E-state index contributed by atoms with van der Waals surface area (Å²) in [6.07, 6.45) is 4.11. The van der Waals surface area contributed by atoms with Gasteiger partial charge in [-0.3, -0.25) is 4.18 Å². The molecule has 36 heavy (non-hydrogen) atoms. The van der Waals surface area contributed by atoms with E-state index in [1.807, 2.05) is 0 Å². The normalized spacial score (nSPS) is 18.3. The second-order valence-corrected chi connectivity index (χ2v) is 15.2. The Hall–Kier alpha value is -2.13. The Morgan fingerprint density at radius 2 is 1.11 bits per heavy atom. The maximum atomic E-state index is 11.4. The Kier molecular flexibility index (Phi) is 9.80. The van der Waals surface area contributed by atoms with E-state index in [0.29, 0.717) is 6.26 Å². The van der Waals surface area contributed by atoms with Crippen LogP contribution in [0.2, 0.25) is 0 Å². The van der Waals surface area contributed by atoms with Crippen molar-refractivity contribution < 1.29 is 30.3 Å². The first kappa shape index (κ1) is 28.4. The standard InChI is InChI=1S/C25H28O4PS.CH4O3S/c1-31(26,27)28-19-21-17-18-22(29-21)20-30(23-11-5-2-6-12-23,24-13-7-3-8-14-24)25-15-9-4-10-16-25;1-5(2,3)4/h2-16,21-22H,17-20H2,1H3;1H3,(H,2,3,4)/q+1;/p-1/t21-,22+;/m0./s1. The fourth-order valence-electron chi connectivity index (χ4n) is 4.35. The first-order valence-electron chi connectivity index (χ1n) is 11.4. The molecule has 4 rings (SSSR count). The van der Waals surface area contributed by atoms with Crippen LogP contribution in [0.15, 0.2) is 91.0 Å². The van der Waals surface area contributed by atoms with Crippen molar-refractivity contribution in [2.45, 2.75) is 25.0 Å². The molecule has 3 aromatic carbocycles. The average Bonchev–Trinajstić information content (AvgIpc) is 3.29. The van der Waals surface area contributed by atoms with Gasteiger partial charge >= 0.3 is 0 Å². The number of hydrogen-bond acceptors (Lipinski definition) is 7. The third kappa shape index (κ3) is 8.47. The highest BCUT2D eigenvalue weighted by atomic mass is 32.2. The molecule has 1 fully saturated rings. The molecule has 1 heterocycles. The highest BCUT2D eigenvalue weighted by Gasteiger charge is 2.48. The van der Waals surface area contributed by atoms with Gasteiger partial charge in [-0.2, -0.15) is 8.42 Å². The number of ether oxygens (including phenoxy) is 1. The summed E-state index contributed by atoms with van der Waals surface area (Å²) in [5, 5.41) is 3.98. The summed E-state index contributed by atoms with van der Waals surface area (Å²) in [6.45, 7) is 0.0861. The second-order valence-electron chi connectivity index (χ2n) is 8.65. The van der Waals surface area contributed by atoms with E-state index in [-0.39, 0.29) is 18.8 Å². The molecule has 0 N–H and O–H groups in total. The molecule has 0 spiro atoms. The lowest BCUT2D eigenvalue weighted by Gasteiger charge is -2.30. The highest BCUT2D eigenvalue weighted by Crippen LogP contribution is 2.56. The van der Waals surface area contributed by atoms with Crippen LogP contribution in [0.1, 0.15) is 12.8 Å². The summed E-state index contributed by atoms with van der Waals surface area (Å²) < 4.78 is 61.3. The average molecular weight is 551 g/mol. The molecule has 0 aliphatic carbocycles. The molecular formula is C26H31O7PS2. The molecule has 1 saturated heterocycles. The first-order valence-corrected chi connectivity index (χ1v) is 17.0. The van der Waals surface area contributed by atoms with Crippen molar-refractivity contribution in [1.82, 2.24) is 0 Å². The summed E-state index contributed by atoms with van der Waals surface area (Å²) in [5.41, 5.74) is 0. The van der Waals surface area contributed by atoms with Crippen molar-refractivity contribution in [3.8, 4) is 0 Å². The van der Waals surface area contributed by atoms with Gasteiger partial charge in [0.2, 0.25) is 0 Å². The van der Waals surface area contributed by atoms with Crippen LogP contribution in [-0.2, 0) is 29.2 Å². The van der Waals surface area contributed by atoms with Gasteiger partial charge < -0.3 is 9.29 Å². The van der Waals surface area contributed by atoms with Crippen molar-refractivity contribution in [2.24, 2.45) is 0 Å². The Morgan fingerprint density at radius 1 is 0.750 bits per heavy atom. The molecule has 0 saturated carbocycles. The molecule has 1 aliphatic rings. The monoisotopic (exact) mass is 550 g/mol. The van der Waals surface area contributed by atoms with E-state index in [0.717, 1.165) is 25.3 Å². The van der Waals surface area contributed by atoms with Gasteiger partial charge in [-0.25, -0.2) is 8.42 Å². The zero-order chi connectivity index (χ0) is 26.2. The Morgan fingerprint density at radius 3 is 1.47 bits per heavy atom. The smallest absolute Gasteiger partial charge is 0.264 e. The molecule has 7 nitrogen and oxygen atoms in total. The summed E-state index contributed by atoms with van der Waals surface area (Å²) in [7, 11) is -9.35. The maximum absolute atomic E-state index is 11.4. The minimum Gasteiger partial charge on any atom is -0.748 e. The van der Waals surface area contributed by atoms with Crippen LogP contribution in [0.3, 0.4) is 0 Å². The van der Waals surface area contributed by atoms with Gasteiger partial charge in [-0.05, 0) is 49.2 Å². The lowest BCUT2D eigenvalue weighted by molar-refractivity contribution is 0.0298. The van der Waals surface area contributed by atoms with Crippen molar-refractivity contribution in [1.29, 1.82) is 0 Å². The third-order valence-electron chi connectivity index (χ3n) is 5.73. The van der Waals surface area contributed by atoms with E-state index in [2.05, 4.69) is 91.0 Å². The van der Waals surface area contributed by atoms with E-state index in [9.17, 15) is 8.42 Å². The summed E-state index contributed by atoms with van der Waals surface area (Å²) in [5.74, 6) is 0. The molecule has 0 bridgehead atoms. The van der Waals surface area contributed by atoms with Gasteiger partial charge in [0, 0.05) is 6.26 Å². The summed E-state index contributed by atoms with van der Waals surface area (Å²) in [6, 6.07) is 32.2. The Balaban J connectivity index is 0.000000658. The van der Waals surface area contributed by atoms with E-state index in [4.69, 9.17) is 21.9 Å². The van der Waals surface area contributed by atoms with Crippen LogP contribution in [-0.4, -0.2) is 58.9 Å². The Labute approximate surface area is 214 Å². The van der Waals surface area contributed by atoms with Crippen LogP contribution in [0, 0.1) is 0 Å². The van der Waals surface area contributed by atoms with Crippen LogP contribution in [0.4, 0.5) is 0 Å². The van der Waals surface area contributed by atoms with Crippen LogP contribution in [0.25, 0.3) is 0 Å². The molecule has 0 amide bonds. The zero-order valence-corrected chi connectivity index (χ0v) is 22.8. The van der Waals surface area contributed by atoms with Gasteiger partial charge in [0.1, 0.15) is 23.2 Å². The quantitative estimate of drug-likeness (QED) is 0.241. The van der Waals surface area contributed by atoms with E-state index >= 15 is 0 Å². The molecule has 1 aliphatic heterocycles. The van der Waals surface area contributed by atoms with Gasteiger partial charge in [-0.15, -0.1) is 0 Å².